The van der Waals surface area contributed by atoms with Crippen molar-refractivity contribution >= 4 is 32.5 Å². The summed E-state index contributed by atoms with van der Waals surface area (Å²) in [4.78, 5) is 16.5. The number of sulfone groups is 1. The molecule has 3 rings (SSSR count). The van der Waals surface area contributed by atoms with E-state index < -0.39 is 9.84 Å². The minimum atomic E-state index is -3.09. The van der Waals surface area contributed by atoms with Crippen LogP contribution in [0, 0.1) is 6.92 Å². The van der Waals surface area contributed by atoms with Crippen molar-refractivity contribution in [3.8, 4) is 0 Å². The van der Waals surface area contributed by atoms with Gasteiger partial charge in [-0.1, -0.05) is 12.1 Å². The topological polar surface area (TPSA) is 89.3 Å². The highest BCUT2D eigenvalue weighted by Gasteiger charge is 2.10. The van der Waals surface area contributed by atoms with Crippen LogP contribution >= 0.6 is 0 Å². The van der Waals surface area contributed by atoms with Crippen molar-refractivity contribution in [3.63, 3.8) is 0 Å². The Morgan fingerprint density at radius 1 is 1.17 bits per heavy atom. The highest BCUT2D eigenvalue weighted by Crippen LogP contribution is 2.20. The van der Waals surface area contributed by atoms with Crippen LogP contribution in [0.15, 0.2) is 46.9 Å². The Hall–Kier alpha value is -2.67. The van der Waals surface area contributed by atoms with E-state index >= 15 is 0 Å². The van der Waals surface area contributed by atoms with E-state index in [0.29, 0.717) is 33.8 Å². The fraction of sp³-hybridized carbons (Fsp3) is 0.176. The van der Waals surface area contributed by atoms with E-state index in [1.807, 2.05) is 0 Å². The zero-order valence-electron chi connectivity index (χ0n) is 13.2. The Kier molecular flexibility index (Phi) is 4.11. The van der Waals surface area contributed by atoms with Crippen LogP contribution < -0.4 is 5.32 Å². The molecule has 0 unspecified atom stereocenters. The molecule has 0 bridgehead atoms. The van der Waals surface area contributed by atoms with Crippen molar-refractivity contribution in [1.82, 2.24) is 4.98 Å². The van der Waals surface area contributed by atoms with Gasteiger partial charge in [-0.05, 0) is 35.9 Å². The lowest BCUT2D eigenvalue weighted by Gasteiger charge is -2.06. The number of anilines is 1. The van der Waals surface area contributed by atoms with Crippen LogP contribution in [-0.2, 0) is 15.6 Å². The van der Waals surface area contributed by atoms with E-state index in [1.165, 1.54) is 6.26 Å². The summed E-state index contributed by atoms with van der Waals surface area (Å²) in [7, 11) is -3.09. The van der Waals surface area contributed by atoms with E-state index in [-0.39, 0.29) is 11.7 Å². The van der Waals surface area contributed by atoms with Gasteiger partial charge in [0.15, 0.2) is 21.3 Å². The molecule has 1 heterocycles. The largest absolute Gasteiger partial charge is 0.441 e. The molecule has 124 valence electrons. The number of hydrogen-bond acceptors (Lipinski definition) is 5. The molecule has 0 atom stereocenters. The molecular weight excluding hydrogens is 328 g/mol. The molecule has 0 fully saturated rings. The molecule has 0 aliphatic heterocycles. The van der Waals surface area contributed by atoms with Crippen LogP contribution in [-0.4, -0.2) is 25.6 Å². The summed E-state index contributed by atoms with van der Waals surface area (Å²) in [6.45, 7) is 1.76. The average Bonchev–Trinajstić information content (AvgIpc) is 2.85. The van der Waals surface area contributed by atoms with E-state index in [1.54, 1.807) is 49.4 Å². The minimum absolute atomic E-state index is 0.0446. The van der Waals surface area contributed by atoms with Gasteiger partial charge in [0.2, 0.25) is 0 Å². The number of nitrogens with zero attached hydrogens (tertiary/aromatic N) is 1. The average molecular weight is 344 g/mol. The fourth-order valence-corrected chi connectivity index (χ4v) is 3.18. The number of benzene rings is 2. The summed E-state index contributed by atoms with van der Waals surface area (Å²) < 4.78 is 27.9. The maximum absolute atomic E-state index is 12.3. The lowest BCUT2D eigenvalue weighted by atomic mass is 10.1. The Bertz CT molecular complexity index is 1000. The molecule has 1 amide bonds. The summed E-state index contributed by atoms with van der Waals surface area (Å²) in [5, 5.41) is 2.79. The lowest BCUT2D eigenvalue weighted by molar-refractivity contribution is 0.102. The van der Waals surface area contributed by atoms with E-state index in [4.69, 9.17) is 4.42 Å². The summed E-state index contributed by atoms with van der Waals surface area (Å²) in [6.07, 6.45) is 1.18. The first-order valence-corrected chi connectivity index (χ1v) is 9.31. The number of oxazole rings is 1. The summed E-state index contributed by atoms with van der Waals surface area (Å²) in [6, 6.07) is 11.7. The molecule has 0 radical (unpaired) electrons. The van der Waals surface area contributed by atoms with Gasteiger partial charge in [-0.3, -0.25) is 4.79 Å². The molecule has 0 saturated heterocycles. The molecular formula is C17H16N2O4S. The predicted molar refractivity (Wildman–Crippen MR) is 91.7 cm³/mol. The van der Waals surface area contributed by atoms with Crippen LogP contribution in [0.25, 0.3) is 11.1 Å². The molecule has 24 heavy (non-hydrogen) atoms. The molecule has 0 spiro atoms. The highest BCUT2D eigenvalue weighted by atomic mass is 32.2. The zero-order chi connectivity index (χ0) is 17.3. The predicted octanol–water partition coefficient (Wildman–Crippen LogP) is 2.93. The number of carbonyl (C=O) groups is 1. The molecule has 2 aromatic carbocycles. The second kappa shape index (κ2) is 6.09. The van der Waals surface area contributed by atoms with Crippen molar-refractivity contribution in [2.75, 3.05) is 11.6 Å². The van der Waals surface area contributed by atoms with Crippen LogP contribution in [0.2, 0.25) is 0 Å². The second-order valence-electron chi connectivity index (χ2n) is 5.64. The first-order valence-electron chi connectivity index (χ1n) is 7.25. The third-order valence-electron chi connectivity index (χ3n) is 3.40. The number of fused-ring (bicyclic) bond motifs is 1. The molecule has 0 saturated carbocycles. The van der Waals surface area contributed by atoms with Gasteiger partial charge in [0.25, 0.3) is 5.91 Å². The van der Waals surface area contributed by atoms with Crippen LogP contribution in [0.1, 0.15) is 21.8 Å². The van der Waals surface area contributed by atoms with Gasteiger partial charge in [0.05, 0.1) is 5.75 Å². The number of hydrogen-bond donors (Lipinski definition) is 1. The molecule has 3 aromatic rings. The standard InChI is InChI=1S/C17H16N2O4S/c1-11-18-15-9-14(7-8-16(15)23-11)19-17(20)13-5-3-12(4-6-13)10-24(2,21)22/h3-9H,10H2,1-2H3,(H,19,20). The normalized spacial score (nSPS) is 11.6. The SMILES string of the molecule is Cc1nc2cc(NC(=O)c3ccc(CS(C)(=O)=O)cc3)ccc2o1. The minimum Gasteiger partial charge on any atom is -0.441 e. The van der Waals surface area contributed by atoms with Crippen molar-refractivity contribution in [2.24, 2.45) is 0 Å². The van der Waals surface area contributed by atoms with Gasteiger partial charge in [-0.25, -0.2) is 13.4 Å². The van der Waals surface area contributed by atoms with Crippen LogP contribution in [0.5, 0.6) is 0 Å². The third kappa shape index (κ3) is 3.80. The Labute approximate surface area is 139 Å². The quantitative estimate of drug-likeness (QED) is 0.786. The second-order valence-corrected chi connectivity index (χ2v) is 7.78. The van der Waals surface area contributed by atoms with Crippen molar-refractivity contribution in [2.45, 2.75) is 12.7 Å². The molecule has 0 aliphatic rings. The van der Waals surface area contributed by atoms with Crippen LogP contribution in [0.4, 0.5) is 5.69 Å². The van der Waals surface area contributed by atoms with E-state index in [2.05, 4.69) is 10.3 Å². The number of amides is 1. The van der Waals surface area contributed by atoms with Crippen molar-refractivity contribution in [1.29, 1.82) is 0 Å². The lowest BCUT2D eigenvalue weighted by Crippen LogP contribution is -2.12. The van der Waals surface area contributed by atoms with Gasteiger partial charge >= 0.3 is 0 Å². The fourth-order valence-electron chi connectivity index (χ4n) is 2.38. The number of aryl methyl sites for hydroxylation is 1. The zero-order valence-corrected chi connectivity index (χ0v) is 14.1. The van der Waals surface area contributed by atoms with Crippen molar-refractivity contribution < 1.29 is 17.6 Å². The monoisotopic (exact) mass is 344 g/mol. The Morgan fingerprint density at radius 3 is 2.54 bits per heavy atom. The van der Waals surface area contributed by atoms with E-state index in [9.17, 15) is 13.2 Å². The molecule has 6 nitrogen and oxygen atoms in total. The van der Waals surface area contributed by atoms with E-state index in [0.717, 1.165) is 0 Å². The highest BCUT2D eigenvalue weighted by molar-refractivity contribution is 7.89. The van der Waals surface area contributed by atoms with Gasteiger partial charge in [0.1, 0.15) is 5.52 Å². The third-order valence-corrected chi connectivity index (χ3v) is 4.26. The van der Waals surface area contributed by atoms with Gasteiger partial charge < -0.3 is 9.73 Å². The maximum Gasteiger partial charge on any atom is 0.255 e. The molecule has 1 N–H and O–H groups in total. The van der Waals surface area contributed by atoms with Crippen molar-refractivity contribution in [3.05, 3.63) is 59.5 Å². The van der Waals surface area contributed by atoms with Gasteiger partial charge in [-0.15, -0.1) is 0 Å². The number of aromatic nitrogens is 1. The summed E-state index contributed by atoms with van der Waals surface area (Å²) >= 11 is 0. The van der Waals surface area contributed by atoms with Gasteiger partial charge in [0, 0.05) is 24.4 Å². The Balaban J connectivity index is 1.75. The number of rotatable bonds is 4. The first kappa shape index (κ1) is 16.2. The number of nitrogens with one attached hydrogen (secondary N) is 1. The van der Waals surface area contributed by atoms with Crippen LogP contribution in [0.3, 0.4) is 0 Å². The maximum atomic E-state index is 12.3. The molecule has 1 aromatic heterocycles. The number of carbonyl (C=O) groups excluding carboxylic acids is 1. The molecule has 7 heteroatoms. The summed E-state index contributed by atoms with van der Waals surface area (Å²) in [5.41, 5.74) is 3.04. The summed E-state index contributed by atoms with van der Waals surface area (Å²) in [5.74, 6) is 0.243. The smallest absolute Gasteiger partial charge is 0.255 e. The first-order chi connectivity index (χ1) is 11.3. The Morgan fingerprint density at radius 2 is 1.88 bits per heavy atom. The van der Waals surface area contributed by atoms with Gasteiger partial charge in [-0.2, -0.15) is 0 Å². The molecule has 0 aliphatic carbocycles.